The monoisotopic (exact) mass is 593 g/mol. The summed E-state index contributed by atoms with van der Waals surface area (Å²) in [6.07, 6.45) is -0.0711. The molecule has 1 saturated heterocycles. The maximum Gasteiger partial charge on any atom is 0.459 e. The van der Waals surface area contributed by atoms with Crippen molar-refractivity contribution in [3.05, 3.63) is 36.7 Å². The number of benzene rings is 1. The Kier molecular flexibility index (Phi) is 8.71. The second-order valence-electron chi connectivity index (χ2n) is 9.85. The zero-order valence-corrected chi connectivity index (χ0v) is 23.4. The molecule has 2 aromatic heterocycles. The van der Waals surface area contributed by atoms with Crippen molar-refractivity contribution in [2.24, 2.45) is 5.92 Å². The first-order chi connectivity index (χ1) is 19.7. The Hall–Kier alpha value is -3.36. The van der Waals surface area contributed by atoms with Gasteiger partial charge in [-0.25, -0.2) is 9.55 Å². The maximum absolute atomic E-state index is 14.3. The normalized spacial score (nSPS) is 24.6. The second kappa shape index (κ2) is 12.2. The van der Waals surface area contributed by atoms with Gasteiger partial charge in [0.1, 0.15) is 24.1 Å². The molecule has 14 nitrogen and oxygen atoms in total. The van der Waals surface area contributed by atoms with Crippen LogP contribution in [0.1, 0.15) is 32.9 Å². The number of carbonyl (C=O) groups is 1. The van der Waals surface area contributed by atoms with Gasteiger partial charge in [0.05, 0.1) is 38.2 Å². The largest absolute Gasteiger partial charge is 0.465 e. The molecular weight excluding hydrogens is 560 g/mol. The number of rotatable bonds is 13. The molecule has 16 heteroatoms. The van der Waals surface area contributed by atoms with Crippen molar-refractivity contribution in [3.63, 3.8) is 0 Å². The topological polar surface area (TPSA) is 185 Å². The number of imidazole rings is 1. The van der Waals surface area contributed by atoms with Crippen LogP contribution >= 0.6 is 7.75 Å². The summed E-state index contributed by atoms with van der Waals surface area (Å²) in [5, 5.41) is 16.8. The lowest BCUT2D eigenvalue weighted by Crippen LogP contribution is -2.37. The number of esters is 1. The van der Waals surface area contributed by atoms with Crippen molar-refractivity contribution in [3.8, 4) is 5.75 Å². The first-order valence-electron chi connectivity index (χ1n) is 13.3. The van der Waals surface area contributed by atoms with Crippen LogP contribution < -0.4 is 20.7 Å². The van der Waals surface area contributed by atoms with E-state index in [1.54, 1.807) is 37.3 Å². The molecule has 5 N–H and O–H groups in total. The summed E-state index contributed by atoms with van der Waals surface area (Å²) < 4.78 is 51.8. The minimum atomic E-state index is -4.22. The Labute approximate surface area is 235 Å². The Morgan fingerprint density at radius 1 is 1.32 bits per heavy atom. The minimum absolute atomic E-state index is 0.00146. The van der Waals surface area contributed by atoms with Gasteiger partial charge < -0.3 is 30.2 Å². The third-order valence-electron chi connectivity index (χ3n) is 6.68. The van der Waals surface area contributed by atoms with Gasteiger partial charge in [0.25, 0.3) is 0 Å². The van der Waals surface area contributed by atoms with Gasteiger partial charge >= 0.3 is 13.7 Å². The predicted molar refractivity (Wildman–Crippen MR) is 146 cm³/mol. The number of carbonyl (C=O) groups excluding carboxylic acids is 1. The quantitative estimate of drug-likeness (QED) is 0.168. The molecule has 41 heavy (non-hydrogen) atoms. The average Bonchev–Trinajstić information content (AvgIpc) is 3.57. The molecule has 222 valence electrons. The summed E-state index contributed by atoms with van der Waals surface area (Å²) in [5.41, 5.74) is 6.67. The number of halogens is 1. The van der Waals surface area contributed by atoms with E-state index < -0.39 is 57.4 Å². The zero-order valence-electron chi connectivity index (χ0n) is 22.6. The van der Waals surface area contributed by atoms with E-state index in [1.807, 2.05) is 0 Å². The third kappa shape index (κ3) is 6.60. The fourth-order valence-electron chi connectivity index (χ4n) is 4.46. The van der Waals surface area contributed by atoms with E-state index in [1.165, 1.54) is 17.8 Å². The molecule has 5 rings (SSSR count). The average molecular weight is 594 g/mol. The highest BCUT2D eigenvalue weighted by atomic mass is 31.2. The number of para-hydroxylation sites is 1. The number of aliphatic hydroxyl groups is 1. The fourth-order valence-corrected chi connectivity index (χ4v) is 5.96. The standard InChI is InChI=1S/C25H33FN7O7P/c1-3-37-24(35)14(2)32-41(36,40-16-7-5-4-6-8-16)38-12-18-20(34)17(11-26)23(39-18)33-13-28-19-21(29-15-9-10-15)30-25(27)31-22(19)33/h4-8,13-15,17-18,20,23,34H,3,9-12H2,1-2H3,(H,32,36)(H3,27,29,30,31)/t14-,17-,18+,20-,23+,41?/m0/s1. The second-order valence-corrected chi connectivity index (χ2v) is 11.5. The van der Waals surface area contributed by atoms with E-state index >= 15 is 0 Å². The molecule has 1 aromatic carbocycles. The minimum Gasteiger partial charge on any atom is -0.465 e. The van der Waals surface area contributed by atoms with Gasteiger partial charge in [0.2, 0.25) is 5.95 Å². The first kappa shape index (κ1) is 29.1. The number of hydrogen-bond acceptors (Lipinski definition) is 12. The molecule has 1 aliphatic carbocycles. The molecule has 0 spiro atoms. The molecule has 0 bridgehead atoms. The molecular formula is C25H33FN7O7P. The van der Waals surface area contributed by atoms with E-state index in [-0.39, 0.29) is 24.3 Å². The number of nitrogen functional groups attached to an aromatic ring is 1. The maximum atomic E-state index is 14.3. The lowest BCUT2D eigenvalue weighted by Gasteiger charge is -2.24. The molecule has 6 atom stereocenters. The Balaban J connectivity index is 1.35. The van der Waals surface area contributed by atoms with Crippen molar-refractivity contribution >= 4 is 36.6 Å². The van der Waals surface area contributed by atoms with E-state index in [0.717, 1.165) is 12.8 Å². The van der Waals surface area contributed by atoms with Crippen molar-refractivity contribution in [1.29, 1.82) is 0 Å². The number of nitrogens with one attached hydrogen (secondary N) is 2. The van der Waals surface area contributed by atoms with E-state index in [9.17, 15) is 18.9 Å². The fraction of sp³-hybridized carbons (Fsp3) is 0.520. The van der Waals surface area contributed by atoms with E-state index in [0.29, 0.717) is 17.0 Å². The summed E-state index contributed by atoms with van der Waals surface area (Å²) in [4.78, 5) is 25.1. The van der Waals surface area contributed by atoms with Crippen LogP contribution in [0.25, 0.3) is 11.2 Å². The number of aromatic nitrogens is 4. The SMILES string of the molecule is CCOC(=O)[C@H](C)NP(=O)(OC[C@H]1O[C@@H](n2cnc3c(NC4CC4)nc(N)nc32)[C@@H](CF)[C@@H]1O)Oc1ccccc1. The summed E-state index contributed by atoms with van der Waals surface area (Å²) in [6, 6.07) is 7.44. The van der Waals surface area contributed by atoms with Crippen molar-refractivity contribution in [2.75, 3.05) is 30.9 Å². The van der Waals surface area contributed by atoms with Crippen LogP contribution in [-0.4, -0.2) is 74.8 Å². The highest BCUT2D eigenvalue weighted by Gasteiger charge is 2.47. The van der Waals surface area contributed by atoms with Crippen LogP contribution in [0, 0.1) is 5.92 Å². The molecule has 0 amide bonds. The van der Waals surface area contributed by atoms with Gasteiger partial charge in [-0.3, -0.25) is 18.3 Å². The number of aliphatic hydroxyl groups excluding tert-OH is 1. The van der Waals surface area contributed by atoms with Crippen LogP contribution in [0.3, 0.4) is 0 Å². The Bertz CT molecular complexity index is 1410. The molecule has 2 aliphatic rings. The summed E-state index contributed by atoms with van der Waals surface area (Å²) in [5.74, 6) is -1.02. The van der Waals surface area contributed by atoms with Gasteiger partial charge in [0, 0.05) is 6.04 Å². The lowest BCUT2D eigenvalue weighted by molar-refractivity contribution is -0.144. The van der Waals surface area contributed by atoms with E-state index in [4.69, 9.17) is 24.3 Å². The molecule has 1 saturated carbocycles. The molecule has 2 fully saturated rings. The zero-order chi connectivity index (χ0) is 29.1. The number of alkyl halides is 1. The first-order valence-corrected chi connectivity index (χ1v) is 14.8. The Morgan fingerprint density at radius 3 is 2.76 bits per heavy atom. The molecule has 1 aliphatic heterocycles. The molecule has 3 aromatic rings. The van der Waals surface area contributed by atoms with Gasteiger partial charge in [-0.15, -0.1) is 0 Å². The highest BCUT2D eigenvalue weighted by Crippen LogP contribution is 2.46. The van der Waals surface area contributed by atoms with E-state index in [2.05, 4.69) is 25.4 Å². The van der Waals surface area contributed by atoms with Crippen LogP contribution in [0.4, 0.5) is 16.2 Å². The summed E-state index contributed by atoms with van der Waals surface area (Å²) in [7, 11) is -4.22. The van der Waals surface area contributed by atoms with Crippen LogP contribution in [0.15, 0.2) is 36.7 Å². The van der Waals surface area contributed by atoms with Gasteiger partial charge in [-0.2, -0.15) is 15.1 Å². The summed E-state index contributed by atoms with van der Waals surface area (Å²) >= 11 is 0. The molecule has 3 heterocycles. The van der Waals surface area contributed by atoms with Gasteiger partial charge in [-0.1, -0.05) is 18.2 Å². The number of hydrogen-bond donors (Lipinski definition) is 4. The van der Waals surface area contributed by atoms with Crippen LogP contribution in [-0.2, 0) is 23.4 Å². The highest BCUT2D eigenvalue weighted by molar-refractivity contribution is 7.52. The number of anilines is 2. The predicted octanol–water partition coefficient (Wildman–Crippen LogP) is 2.57. The van der Waals surface area contributed by atoms with Crippen LogP contribution in [0.2, 0.25) is 0 Å². The number of nitrogens with zero attached hydrogens (tertiary/aromatic N) is 4. The number of fused-ring (bicyclic) bond motifs is 1. The Morgan fingerprint density at radius 2 is 2.07 bits per heavy atom. The number of nitrogens with two attached hydrogens (primary N) is 1. The van der Waals surface area contributed by atoms with Crippen molar-refractivity contribution in [2.45, 2.75) is 57.2 Å². The molecule has 0 radical (unpaired) electrons. The van der Waals surface area contributed by atoms with Gasteiger partial charge in [-0.05, 0) is 38.8 Å². The molecule has 1 unspecified atom stereocenters. The lowest BCUT2D eigenvalue weighted by atomic mass is 10.0. The number of ether oxygens (including phenoxy) is 2. The summed E-state index contributed by atoms with van der Waals surface area (Å²) in [6.45, 7) is 1.82. The van der Waals surface area contributed by atoms with Crippen LogP contribution in [0.5, 0.6) is 5.75 Å². The van der Waals surface area contributed by atoms with Gasteiger partial charge in [0.15, 0.2) is 17.0 Å². The van der Waals surface area contributed by atoms with Crippen molar-refractivity contribution in [1.82, 2.24) is 24.6 Å². The van der Waals surface area contributed by atoms with Crippen molar-refractivity contribution < 1.29 is 37.4 Å². The third-order valence-corrected chi connectivity index (χ3v) is 8.32. The smallest absolute Gasteiger partial charge is 0.459 e.